The van der Waals surface area contributed by atoms with Gasteiger partial charge in [-0.05, 0) is 43.3 Å². The molecule has 2 aromatic carbocycles. The molecule has 122 valence electrons. The van der Waals surface area contributed by atoms with E-state index in [1.165, 1.54) is 35.6 Å². The molecular weight excluding hydrogens is 327 g/mol. The lowest BCUT2D eigenvalue weighted by Crippen LogP contribution is -2.12. The smallest absolute Gasteiger partial charge is 0.275 e. The van der Waals surface area contributed by atoms with E-state index in [-0.39, 0.29) is 11.7 Å². The van der Waals surface area contributed by atoms with Crippen molar-refractivity contribution in [3.05, 3.63) is 76.0 Å². The second-order valence-electron chi connectivity index (χ2n) is 5.19. The van der Waals surface area contributed by atoms with Crippen LogP contribution in [0.3, 0.4) is 0 Å². The molecule has 0 saturated carbocycles. The number of nitrogens with zero attached hydrogens (tertiary/aromatic N) is 1. The lowest BCUT2D eigenvalue weighted by molar-refractivity contribution is 0.102. The van der Waals surface area contributed by atoms with E-state index < -0.39 is 0 Å². The van der Waals surface area contributed by atoms with Gasteiger partial charge in [0.1, 0.15) is 28.9 Å². The molecule has 3 aromatic rings. The monoisotopic (exact) mass is 342 g/mol. The van der Waals surface area contributed by atoms with E-state index >= 15 is 0 Å². The van der Waals surface area contributed by atoms with Crippen LogP contribution in [0.1, 0.15) is 21.1 Å². The molecule has 1 amide bonds. The van der Waals surface area contributed by atoms with Crippen molar-refractivity contribution >= 4 is 22.9 Å². The third-order valence-electron chi connectivity index (χ3n) is 3.27. The van der Waals surface area contributed by atoms with Crippen molar-refractivity contribution in [3.63, 3.8) is 0 Å². The summed E-state index contributed by atoms with van der Waals surface area (Å²) in [4.78, 5) is 16.4. The van der Waals surface area contributed by atoms with Crippen LogP contribution in [-0.4, -0.2) is 10.9 Å². The van der Waals surface area contributed by atoms with Gasteiger partial charge in [-0.1, -0.05) is 17.7 Å². The normalized spacial score (nSPS) is 10.4. The minimum absolute atomic E-state index is 0.303. The van der Waals surface area contributed by atoms with E-state index in [1.54, 1.807) is 5.38 Å². The van der Waals surface area contributed by atoms with Crippen LogP contribution in [0.5, 0.6) is 5.75 Å². The summed E-state index contributed by atoms with van der Waals surface area (Å²) < 4.78 is 18.5. The van der Waals surface area contributed by atoms with Gasteiger partial charge in [0.15, 0.2) is 0 Å². The fourth-order valence-electron chi connectivity index (χ4n) is 1.99. The molecule has 6 heteroatoms. The fourth-order valence-corrected chi connectivity index (χ4v) is 2.67. The van der Waals surface area contributed by atoms with E-state index in [4.69, 9.17) is 4.74 Å². The van der Waals surface area contributed by atoms with Crippen molar-refractivity contribution in [3.8, 4) is 5.75 Å². The Morgan fingerprint density at radius 3 is 2.58 bits per heavy atom. The molecule has 1 aromatic heterocycles. The number of aryl methyl sites for hydroxylation is 1. The Kier molecular flexibility index (Phi) is 4.86. The number of anilines is 1. The summed E-state index contributed by atoms with van der Waals surface area (Å²) in [6.45, 7) is 2.31. The van der Waals surface area contributed by atoms with Gasteiger partial charge in [-0.15, -0.1) is 11.3 Å². The van der Waals surface area contributed by atoms with Crippen LogP contribution in [0.15, 0.2) is 53.9 Å². The van der Waals surface area contributed by atoms with Gasteiger partial charge >= 0.3 is 0 Å². The van der Waals surface area contributed by atoms with Crippen LogP contribution in [0.2, 0.25) is 0 Å². The highest BCUT2D eigenvalue weighted by Crippen LogP contribution is 2.17. The lowest BCUT2D eigenvalue weighted by Gasteiger charge is -2.04. The Morgan fingerprint density at radius 1 is 1.17 bits per heavy atom. The van der Waals surface area contributed by atoms with Gasteiger partial charge in [0.25, 0.3) is 5.91 Å². The number of ether oxygens (including phenoxy) is 1. The number of hydrogen-bond acceptors (Lipinski definition) is 4. The van der Waals surface area contributed by atoms with E-state index in [2.05, 4.69) is 10.3 Å². The largest absolute Gasteiger partial charge is 0.486 e. The second kappa shape index (κ2) is 7.23. The van der Waals surface area contributed by atoms with Crippen molar-refractivity contribution in [2.24, 2.45) is 0 Å². The molecule has 0 atom stereocenters. The maximum absolute atomic E-state index is 12.9. The number of nitrogens with one attached hydrogen (secondary N) is 1. The van der Waals surface area contributed by atoms with E-state index in [9.17, 15) is 9.18 Å². The number of benzene rings is 2. The van der Waals surface area contributed by atoms with Gasteiger partial charge in [0.05, 0.1) is 0 Å². The molecule has 0 saturated heterocycles. The molecule has 0 fully saturated rings. The lowest BCUT2D eigenvalue weighted by atomic mass is 10.2. The molecule has 0 aliphatic rings. The van der Waals surface area contributed by atoms with Crippen LogP contribution >= 0.6 is 11.3 Å². The third kappa shape index (κ3) is 4.17. The number of hydrogen-bond donors (Lipinski definition) is 1. The molecule has 0 aliphatic heterocycles. The highest BCUT2D eigenvalue weighted by molar-refractivity contribution is 7.09. The highest BCUT2D eigenvalue weighted by Gasteiger charge is 2.11. The van der Waals surface area contributed by atoms with Crippen molar-refractivity contribution in [1.82, 2.24) is 4.98 Å². The van der Waals surface area contributed by atoms with Crippen molar-refractivity contribution in [2.75, 3.05) is 5.32 Å². The van der Waals surface area contributed by atoms with Crippen LogP contribution in [0, 0.1) is 12.7 Å². The first kappa shape index (κ1) is 16.1. The predicted molar refractivity (Wildman–Crippen MR) is 92.0 cm³/mol. The number of rotatable bonds is 5. The van der Waals surface area contributed by atoms with Gasteiger partial charge in [-0.25, -0.2) is 9.37 Å². The zero-order chi connectivity index (χ0) is 16.9. The summed E-state index contributed by atoms with van der Waals surface area (Å²) in [6.07, 6.45) is 0. The predicted octanol–water partition coefficient (Wildman–Crippen LogP) is 4.42. The number of carbonyl (C=O) groups excluding carboxylic acids is 1. The topological polar surface area (TPSA) is 51.2 Å². The first-order chi connectivity index (χ1) is 11.6. The molecule has 1 N–H and O–H groups in total. The molecule has 0 radical (unpaired) electrons. The van der Waals surface area contributed by atoms with Crippen LogP contribution in [0.4, 0.5) is 10.1 Å². The molecule has 24 heavy (non-hydrogen) atoms. The van der Waals surface area contributed by atoms with Crippen molar-refractivity contribution < 1.29 is 13.9 Å². The molecule has 1 heterocycles. The van der Waals surface area contributed by atoms with Crippen molar-refractivity contribution in [2.45, 2.75) is 13.5 Å². The Labute approximate surface area is 142 Å². The summed E-state index contributed by atoms with van der Waals surface area (Å²) in [5.74, 6) is 0.0738. The zero-order valence-corrected chi connectivity index (χ0v) is 13.8. The number of aromatic nitrogens is 1. The maximum atomic E-state index is 12.9. The Balaban J connectivity index is 1.59. The number of amides is 1. The quantitative estimate of drug-likeness (QED) is 0.747. The number of thiazole rings is 1. The summed E-state index contributed by atoms with van der Waals surface area (Å²) in [6, 6.07) is 13.3. The molecule has 0 aliphatic carbocycles. The summed E-state index contributed by atoms with van der Waals surface area (Å²) in [7, 11) is 0. The summed E-state index contributed by atoms with van der Waals surface area (Å²) in [5.41, 5.74) is 2.00. The van der Waals surface area contributed by atoms with Gasteiger partial charge < -0.3 is 10.1 Å². The Morgan fingerprint density at radius 2 is 1.88 bits per heavy atom. The van der Waals surface area contributed by atoms with Crippen LogP contribution in [0.25, 0.3) is 0 Å². The van der Waals surface area contributed by atoms with E-state index in [0.29, 0.717) is 23.0 Å². The third-order valence-corrected chi connectivity index (χ3v) is 4.09. The summed E-state index contributed by atoms with van der Waals surface area (Å²) in [5, 5.41) is 5.06. The zero-order valence-electron chi connectivity index (χ0n) is 13.0. The molecule has 3 rings (SSSR count). The molecule has 0 unspecified atom stereocenters. The molecule has 0 spiro atoms. The van der Waals surface area contributed by atoms with Crippen LogP contribution < -0.4 is 10.1 Å². The average molecular weight is 342 g/mol. The molecule has 0 bridgehead atoms. The Bertz CT molecular complexity index is 829. The van der Waals surface area contributed by atoms with Crippen molar-refractivity contribution in [1.29, 1.82) is 0 Å². The van der Waals surface area contributed by atoms with Gasteiger partial charge in [-0.3, -0.25) is 4.79 Å². The number of halogens is 1. The minimum atomic E-state index is -0.350. The van der Waals surface area contributed by atoms with Crippen LogP contribution in [-0.2, 0) is 6.61 Å². The van der Waals surface area contributed by atoms with Gasteiger partial charge in [0.2, 0.25) is 0 Å². The molecular formula is C18H15FN2O2S. The SMILES string of the molecule is Cc1ccc(OCc2nc(C(=O)Nc3ccc(F)cc3)cs2)cc1. The first-order valence-electron chi connectivity index (χ1n) is 7.31. The Hall–Kier alpha value is -2.73. The van der Waals surface area contributed by atoms with Gasteiger partial charge in [0, 0.05) is 11.1 Å². The first-order valence-corrected chi connectivity index (χ1v) is 8.19. The van der Waals surface area contributed by atoms with Gasteiger partial charge in [-0.2, -0.15) is 0 Å². The second-order valence-corrected chi connectivity index (χ2v) is 6.13. The molecule has 4 nitrogen and oxygen atoms in total. The fraction of sp³-hybridized carbons (Fsp3) is 0.111. The maximum Gasteiger partial charge on any atom is 0.275 e. The number of carbonyl (C=O) groups is 1. The minimum Gasteiger partial charge on any atom is -0.486 e. The summed E-state index contributed by atoms with van der Waals surface area (Å²) >= 11 is 1.36. The van der Waals surface area contributed by atoms with E-state index in [0.717, 1.165) is 11.3 Å². The highest BCUT2D eigenvalue weighted by atomic mass is 32.1. The average Bonchev–Trinajstić information content (AvgIpc) is 3.06. The van der Waals surface area contributed by atoms with E-state index in [1.807, 2.05) is 31.2 Å². The standard InChI is InChI=1S/C18H15FN2O2S/c1-12-2-8-15(9-3-12)23-10-17-21-16(11-24-17)18(22)20-14-6-4-13(19)5-7-14/h2-9,11H,10H2,1H3,(H,20,22).